The van der Waals surface area contributed by atoms with E-state index in [9.17, 15) is 8.42 Å². The molecule has 0 aliphatic carbocycles. The molecule has 1 aliphatic heterocycles. The maximum absolute atomic E-state index is 12.4. The fourth-order valence-electron chi connectivity index (χ4n) is 3.74. The lowest BCUT2D eigenvalue weighted by Gasteiger charge is -2.40. The largest absolute Gasteiger partial charge is 0.378 e. The Labute approximate surface area is 181 Å². The highest BCUT2D eigenvalue weighted by Crippen LogP contribution is 2.26. The molecule has 0 bridgehead atoms. The van der Waals surface area contributed by atoms with Gasteiger partial charge in [0.15, 0.2) is 0 Å². The molecule has 30 heavy (non-hydrogen) atoms. The van der Waals surface area contributed by atoms with E-state index in [1.54, 1.807) is 13.8 Å². The fourth-order valence-corrected chi connectivity index (χ4v) is 4.47. The van der Waals surface area contributed by atoms with E-state index >= 15 is 0 Å². The molecule has 3 rings (SSSR count). The molecule has 0 spiro atoms. The number of para-hydroxylation sites is 1. The normalized spacial score (nSPS) is 16.6. The zero-order valence-electron chi connectivity index (χ0n) is 18.5. The molecule has 1 aliphatic rings. The van der Waals surface area contributed by atoms with Crippen molar-refractivity contribution in [2.24, 2.45) is 0 Å². The van der Waals surface area contributed by atoms with Gasteiger partial charge in [0.25, 0.3) is 0 Å². The van der Waals surface area contributed by atoms with E-state index in [0.717, 1.165) is 37.4 Å². The van der Waals surface area contributed by atoms with Crippen LogP contribution in [-0.2, 0) is 10.0 Å². The van der Waals surface area contributed by atoms with Gasteiger partial charge in [-0.05, 0) is 43.7 Å². The second-order valence-electron chi connectivity index (χ2n) is 8.30. The van der Waals surface area contributed by atoms with Crippen molar-refractivity contribution >= 4 is 21.4 Å². The van der Waals surface area contributed by atoms with Crippen LogP contribution in [0.4, 0.5) is 11.4 Å². The Balaban J connectivity index is 1.75. The summed E-state index contributed by atoms with van der Waals surface area (Å²) in [7, 11) is 0.729. The van der Waals surface area contributed by atoms with Gasteiger partial charge in [-0.25, -0.2) is 13.1 Å². The maximum Gasteiger partial charge on any atom is 0.213 e. The Bertz CT molecular complexity index is 891. The molecule has 0 amide bonds. The summed E-state index contributed by atoms with van der Waals surface area (Å²) in [6, 6.07) is 18.9. The summed E-state index contributed by atoms with van der Waals surface area (Å²) in [5.41, 5.74) is 3.51. The van der Waals surface area contributed by atoms with Crippen LogP contribution >= 0.6 is 0 Å². The number of anilines is 2. The first-order valence-electron chi connectivity index (χ1n) is 10.6. The van der Waals surface area contributed by atoms with Gasteiger partial charge in [0, 0.05) is 64.2 Å². The Morgan fingerprint density at radius 2 is 1.53 bits per heavy atom. The van der Waals surface area contributed by atoms with Gasteiger partial charge in [-0.1, -0.05) is 30.3 Å². The molecule has 0 aromatic heterocycles. The maximum atomic E-state index is 12.4. The first kappa shape index (κ1) is 22.6. The molecule has 1 saturated heterocycles. The van der Waals surface area contributed by atoms with Crippen molar-refractivity contribution in [3.63, 3.8) is 0 Å². The van der Waals surface area contributed by atoms with E-state index in [0.29, 0.717) is 6.54 Å². The van der Waals surface area contributed by atoms with Gasteiger partial charge in [0.05, 0.1) is 5.25 Å². The number of nitrogens with zero attached hydrogens (tertiary/aromatic N) is 3. The standard InChI is InChI=1S/C23H34N4O2S/c1-19(2)30(28,29)24-18-23(20-10-12-21(13-11-20)25(3)4)27-16-14-26(15-17-27)22-8-6-5-7-9-22/h5-13,19,23-24H,14-18H2,1-4H3/t23-/m0/s1. The van der Waals surface area contributed by atoms with Crippen LogP contribution in [0.25, 0.3) is 0 Å². The summed E-state index contributed by atoms with van der Waals surface area (Å²) >= 11 is 0. The lowest BCUT2D eigenvalue weighted by Crippen LogP contribution is -2.50. The van der Waals surface area contributed by atoms with E-state index in [4.69, 9.17) is 0 Å². The van der Waals surface area contributed by atoms with Crippen molar-refractivity contribution in [2.45, 2.75) is 25.1 Å². The van der Waals surface area contributed by atoms with E-state index in [2.05, 4.69) is 68.0 Å². The second-order valence-corrected chi connectivity index (χ2v) is 10.6. The molecule has 0 unspecified atom stereocenters. The van der Waals surface area contributed by atoms with Gasteiger partial charge in [0.1, 0.15) is 0 Å². The van der Waals surface area contributed by atoms with Crippen molar-refractivity contribution in [1.82, 2.24) is 9.62 Å². The van der Waals surface area contributed by atoms with Crippen molar-refractivity contribution in [3.8, 4) is 0 Å². The summed E-state index contributed by atoms with van der Waals surface area (Å²) < 4.78 is 27.6. The third kappa shape index (κ3) is 5.53. The van der Waals surface area contributed by atoms with Gasteiger partial charge in [-0.15, -0.1) is 0 Å². The van der Waals surface area contributed by atoms with Crippen LogP contribution < -0.4 is 14.5 Å². The average Bonchev–Trinajstić information content (AvgIpc) is 2.75. The summed E-state index contributed by atoms with van der Waals surface area (Å²) in [4.78, 5) is 6.85. The van der Waals surface area contributed by atoms with Gasteiger partial charge in [0.2, 0.25) is 10.0 Å². The molecule has 1 fully saturated rings. The Morgan fingerprint density at radius 3 is 2.07 bits per heavy atom. The number of nitrogens with one attached hydrogen (secondary N) is 1. The Morgan fingerprint density at radius 1 is 0.933 bits per heavy atom. The minimum Gasteiger partial charge on any atom is -0.378 e. The van der Waals surface area contributed by atoms with Gasteiger partial charge >= 0.3 is 0 Å². The fraction of sp³-hybridized carbons (Fsp3) is 0.478. The number of piperazine rings is 1. The van der Waals surface area contributed by atoms with Crippen LogP contribution in [0.5, 0.6) is 0 Å². The molecule has 2 aromatic rings. The molecule has 0 saturated carbocycles. The highest BCUT2D eigenvalue weighted by atomic mass is 32.2. The van der Waals surface area contributed by atoms with E-state index in [-0.39, 0.29) is 6.04 Å². The number of sulfonamides is 1. The Kier molecular flexibility index (Phi) is 7.39. The lowest BCUT2D eigenvalue weighted by molar-refractivity contribution is 0.187. The molecule has 2 aromatic carbocycles. The van der Waals surface area contributed by atoms with Crippen LogP contribution in [0.15, 0.2) is 54.6 Å². The van der Waals surface area contributed by atoms with Crippen molar-refractivity contribution in [2.75, 3.05) is 56.6 Å². The summed E-state index contributed by atoms with van der Waals surface area (Å²) in [6.07, 6.45) is 0. The quantitative estimate of drug-likeness (QED) is 0.698. The molecular weight excluding hydrogens is 396 g/mol. The second kappa shape index (κ2) is 9.81. The van der Waals surface area contributed by atoms with Crippen LogP contribution in [0.2, 0.25) is 0 Å². The van der Waals surface area contributed by atoms with E-state index in [1.807, 2.05) is 20.2 Å². The zero-order valence-corrected chi connectivity index (χ0v) is 19.3. The molecule has 1 heterocycles. The third-order valence-corrected chi connectivity index (χ3v) is 7.58. The monoisotopic (exact) mass is 430 g/mol. The number of hydrogen-bond donors (Lipinski definition) is 1. The predicted molar refractivity (Wildman–Crippen MR) is 126 cm³/mol. The first-order chi connectivity index (χ1) is 14.3. The predicted octanol–water partition coefficient (Wildman–Crippen LogP) is 2.94. The molecule has 0 radical (unpaired) electrons. The highest BCUT2D eigenvalue weighted by molar-refractivity contribution is 7.90. The van der Waals surface area contributed by atoms with Crippen LogP contribution in [0.1, 0.15) is 25.5 Å². The molecule has 7 heteroatoms. The van der Waals surface area contributed by atoms with Crippen molar-refractivity contribution in [3.05, 3.63) is 60.2 Å². The molecule has 6 nitrogen and oxygen atoms in total. The first-order valence-corrected chi connectivity index (χ1v) is 12.1. The van der Waals surface area contributed by atoms with Crippen molar-refractivity contribution < 1.29 is 8.42 Å². The van der Waals surface area contributed by atoms with Crippen LogP contribution in [0.3, 0.4) is 0 Å². The number of hydrogen-bond acceptors (Lipinski definition) is 5. The number of benzene rings is 2. The van der Waals surface area contributed by atoms with Crippen molar-refractivity contribution in [1.29, 1.82) is 0 Å². The van der Waals surface area contributed by atoms with E-state index in [1.165, 1.54) is 5.69 Å². The lowest BCUT2D eigenvalue weighted by atomic mass is 10.0. The minimum atomic E-state index is -3.31. The smallest absolute Gasteiger partial charge is 0.213 e. The van der Waals surface area contributed by atoms with Gasteiger partial charge in [-0.2, -0.15) is 0 Å². The molecule has 164 valence electrons. The summed E-state index contributed by atoms with van der Waals surface area (Å²) in [5, 5.41) is -0.441. The molecule has 1 atom stereocenters. The zero-order chi connectivity index (χ0) is 21.7. The molecular formula is C23H34N4O2S. The SMILES string of the molecule is CC(C)S(=O)(=O)NC[C@@H](c1ccc(N(C)C)cc1)N1CCN(c2ccccc2)CC1. The number of rotatable bonds is 8. The van der Waals surface area contributed by atoms with Gasteiger partial charge < -0.3 is 9.80 Å². The summed E-state index contributed by atoms with van der Waals surface area (Å²) in [5.74, 6) is 0. The van der Waals surface area contributed by atoms with Gasteiger partial charge in [-0.3, -0.25) is 4.90 Å². The third-order valence-electron chi connectivity index (χ3n) is 5.77. The van der Waals surface area contributed by atoms with E-state index < -0.39 is 15.3 Å². The van der Waals surface area contributed by atoms with Crippen LogP contribution in [0, 0.1) is 0 Å². The average molecular weight is 431 g/mol. The Hall–Kier alpha value is -2.09. The minimum absolute atomic E-state index is 0.00709. The highest BCUT2D eigenvalue weighted by Gasteiger charge is 2.27. The summed E-state index contributed by atoms with van der Waals surface area (Å²) in [6.45, 7) is 7.42. The van der Waals surface area contributed by atoms with Crippen LogP contribution in [-0.4, -0.2) is 65.4 Å². The molecule has 1 N–H and O–H groups in total. The topological polar surface area (TPSA) is 55.9 Å².